The minimum Gasteiger partial charge on any atom is -0.326 e. The summed E-state index contributed by atoms with van der Waals surface area (Å²) in [6.45, 7) is 0.595. The largest absolute Gasteiger partial charge is 0.326 e. The predicted molar refractivity (Wildman–Crippen MR) is 54.8 cm³/mol. The molecule has 0 aromatic heterocycles. The number of benzene rings is 1. The lowest BCUT2D eigenvalue weighted by Crippen LogP contribution is -1.97. The van der Waals surface area contributed by atoms with Crippen LogP contribution < -0.4 is 5.73 Å². The van der Waals surface area contributed by atoms with Gasteiger partial charge in [0.05, 0.1) is 0 Å². The zero-order valence-electron chi connectivity index (χ0n) is 5.27. The Balaban J connectivity index is 3.09. The fourth-order valence-corrected chi connectivity index (χ4v) is 1.66. The predicted octanol–water partition coefficient (Wildman–Crippen LogP) is 2.51. The molecule has 1 rings (SSSR count). The van der Waals surface area contributed by atoms with Crippen molar-refractivity contribution in [3.8, 4) is 0 Å². The van der Waals surface area contributed by atoms with Gasteiger partial charge in [-0.1, -0.05) is 15.9 Å². The van der Waals surface area contributed by atoms with E-state index in [0.29, 0.717) is 6.54 Å². The molecular formula is C7H7BrIN. The number of hydrogen-bond donors (Lipinski definition) is 1. The van der Waals surface area contributed by atoms with E-state index in [1.54, 1.807) is 0 Å². The Bertz CT molecular complexity index is 237. The van der Waals surface area contributed by atoms with E-state index in [-0.39, 0.29) is 0 Å². The molecule has 10 heavy (non-hydrogen) atoms. The molecule has 0 saturated carbocycles. The Morgan fingerprint density at radius 3 is 2.70 bits per heavy atom. The van der Waals surface area contributed by atoms with E-state index >= 15 is 0 Å². The van der Waals surface area contributed by atoms with Gasteiger partial charge in [-0.15, -0.1) is 0 Å². The highest BCUT2D eigenvalue weighted by molar-refractivity contribution is 14.1. The first kappa shape index (κ1) is 8.49. The van der Waals surface area contributed by atoms with Gasteiger partial charge in [-0.25, -0.2) is 0 Å². The first-order valence-corrected chi connectivity index (χ1v) is 4.75. The molecule has 0 radical (unpaired) electrons. The van der Waals surface area contributed by atoms with Crippen LogP contribution in [0.15, 0.2) is 22.7 Å². The highest BCUT2D eigenvalue weighted by atomic mass is 127. The summed E-state index contributed by atoms with van der Waals surface area (Å²) in [7, 11) is 0. The van der Waals surface area contributed by atoms with Crippen LogP contribution in [0.4, 0.5) is 0 Å². The van der Waals surface area contributed by atoms with Crippen LogP contribution in [0.2, 0.25) is 0 Å². The molecule has 0 aliphatic heterocycles. The molecule has 0 spiro atoms. The van der Waals surface area contributed by atoms with Gasteiger partial charge < -0.3 is 5.73 Å². The van der Waals surface area contributed by atoms with Crippen molar-refractivity contribution in [2.45, 2.75) is 6.54 Å². The van der Waals surface area contributed by atoms with Crippen LogP contribution in [0.25, 0.3) is 0 Å². The molecular weight excluding hydrogens is 305 g/mol. The van der Waals surface area contributed by atoms with Crippen molar-refractivity contribution in [3.05, 3.63) is 31.8 Å². The molecule has 0 unspecified atom stereocenters. The van der Waals surface area contributed by atoms with Crippen LogP contribution >= 0.6 is 38.5 Å². The molecule has 0 fully saturated rings. The maximum atomic E-state index is 5.49. The van der Waals surface area contributed by atoms with E-state index in [9.17, 15) is 0 Å². The van der Waals surface area contributed by atoms with E-state index < -0.39 is 0 Å². The highest BCUT2D eigenvalue weighted by Crippen LogP contribution is 2.18. The van der Waals surface area contributed by atoms with Crippen molar-refractivity contribution in [3.63, 3.8) is 0 Å². The Morgan fingerprint density at radius 2 is 2.20 bits per heavy atom. The zero-order chi connectivity index (χ0) is 7.56. The van der Waals surface area contributed by atoms with Gasteiger partial charge in [-0.3, -0.25) is 0 Å². The van der Waals surface area contributed by atoms with Crippen molar-refractivity contribution < 1.29 is 0 Å². The van der Waals surface area contributed by atoms with Crippen LogP contribution in [0.5, 0.6) is 0 Å². The average molecular weight is 312 g/mol. The first-order valence-electron chi connectivity index (χ1n) is 2.88. The molecule has 54 valence electrons. The SMILES string of the molecule is NCc1cc(I)ccc1Br. The van der Waals surface area contributed by atoms with Gasteiger partial charge >= 0.3 is 0 Å². The maximum absolute atomic E-state index is 5.49. The number of rotatable bonds is 1. The molecule has 2 N–H and O–H groups in total. The lowest BCUT2D eigenvalue weighted by molar-refractivity contribution is 1.06. The van der Waals surface area contributed by atoms with Crippen molar-refractivity contribution in [2.75, 3.05) is 0 Å². The number of nitrogens with two attached hydrogens (primary N) is 1. The van der Waals surface area contributed by atoms with Gasteiger partial charge in [0.2, 0.25) is 0 Å². The van der Waals surface area contributed by atoms with Crippen LogP contribution in [0.1, 0.15) is 5.56 Å². The lowest BCUT2D eigenvalue weighted by Gasteiger charge is -1.99. The summed E-state index contributed by atoms with van der Waals surface area (Å²) in [5.41, 5.74) is 6.65. The molecule has 0 amide bonds. The van der Waals surface area contributed by atoms with Gasteiger partial charge in [0.25, 0.3) is 0 Å². The molecule has 0 bridgehead atoms. The van der Waals surface area contributed by atoms with Crippen molar-refractivity contribution in [1.82, 2.24) is 0 Å². The van der Waals surface area contributed by atoms with Crippen molar-refractivity contribution >= 4 is 38.5 Å². The molecule has 0 aliphatic rings. The van der Waals surface area contributed by atoms with Crippen LogP contribution in [0, 0.1) is 3.57 Å². The average Bonchev–Trinajstić information content (AvgIpc) is 1.94. The minimum atomic E-state index is 0.595. The van der Waals surface area contributed by atoms with E-state index in [2.05, 4.69) is 44.6 Å². The molecule has 1 nitrogen and oxygen atoms in total. The molecule has 3 heteroatoms. The van der Waals surface area contributed by atoms with Crippen LogP contribution in [-0.2, 0) is 6.54 Å². The highest BCUT2D eigenvalue weighted by Gasteiger charge is 1.96. The smallest absolute Gasteiger partial charge is 0.0220 e. The Labute approximate surface area is 82.3 Å². The van der Waals surface area contributed by atoms with E-state index in [1.165, 1.54) is 3.57 Å². The third kappa shape index (κ3) is 1.93. The van der Waals surface area contributed by atoms with Crippen LogP contribution in [-0.4, -0.2) is 0 Å². The summed E-state index contributed by atoms with van der Waals surface area (Å²) >= 11 is 5.68. The van der Waals surface area contributed by atoms with Gasteiger partial charge in [0.1, 0.15) is 0 Å². The molecule has 0 aliphatic carbocycles. The second-order valence-corrected chi connectivity index (χ2v) is 4.04. The molecule has 0 atom stereocenters. The minimum absolute atomic E-state index is 0.595. The van der Waals surface area contributed by atoms with Crippen molar-refractivity contribution in [1.29, 1.82) is 0 Å². The van der Waals surface area contributed by atoms with Gasteiger partial charge in [-0.05, 0) is 46.4 Å². The quantitative estimate of drug-likeness (QED) is 0.792. The topological polar surface area (TPSA) is 26.0 Å². The monoisotopic (exact) mass is 311 g/mol. The molecule has 0 heterocycles. The van der Waals surface area contributed by atoms with Gasteiger partial charge in [-0.2, -0.15) is 0 Å². The number of halogens is 2. The van der Waals surface area contributed by atoms with Crippen LogP contribution in [0.3, 0.4) is 0 Å². The lowest BCUT2D eigenvalue weighted by atomic mass is 10.2. The summed E-state index contributed by atoms with van der Waals surface area (Å²) in [5.74, 6) is 0. The molecule has 1 aromatic rings. The molecule has 1 aromatic carbocycles. The zero-order valence-corrected chi connectivity index (χ0v) is 9.02. The standard InChI is InChI=1S/C7H7BrIN/c8-7-2-1-6(9)3-5(7)4-10/h1-3H,4,10H2. The van der Waals surface area contributed by atoms with Gasteiger partial charge in [0, 0.05) is 14.6 Å². The fraction of sp³-hybridized carbons (Fsp3) is 0.143. The summed E-state index contributed by atoms with van der Waals surface area (Å²) in [6.07, 6.45) is 0. The third-order valence-corrected chi connectivity index (χ3v) is 2.67. The number of hydrogen-bond acceptors (Lipinski definition) is 1. The summed E-state index contributed by atoms with van der Waals surface area (Å²) in [6, 6.07) is 6.14. The van der Waals surface area contributed by atoms with Gasteiger partial charge in [0.15, 0.2) is 0 Å². The second-order valence-electron chi connectivity index (χ2n) is 1.94. The van der Waals surface area contributed by atoms with E-state index in [0.717, 1.165) is 10.0 Å². The second kappa shape index (κ2) is 3.69. The Kier molecular flexibility index (Phi) is 3.13. The normalized spacial score (nSPS) is 9.90. The Hall–Kier alpha value is 0.390. The third-order valence-electron chi connectivity index (χ3n) is 1.23. The Morgan fingerprint density at radius 1 is 1.50 bits per heavy atom. The summed E-state index contributed by atoms with van der Waals surface area (Å²) < 4.78 is 2.32. The summed E-state index contributed by atoms with van der Waals surface area (Å²) in [5, 5.41) is 0. The molecule has 0 saturated heterocycles. The van der Waals surface area contributed by atoms with E-state index in [4.69, 9.17) is 5.73 Å². The first-order chi connectivity index (χ1) is 4.74. The van der Waals surface area contributed by atoms with Crippen molar-refractivity contribution in [2.24, 2.45) is 5.73 Å². The maximum Gasteiger partial charge on any atom is 0.0220 e. The summed E-state index contributed by atoms with van der Waals surface area (Å²) in [4.78, 5) is 0. The van der Waals surface area contributed by atoms with E-state index in [1.807, 2.05) is 12.1 Å². The fourth-order valence-electron chi connectivity index (χ4n) is 0.700.